The first-order chi connectivity index (χ1) is 9.71. The molecule has 0 spiro atoms. The molecular weight excluding hydrogens is 359 g/mol. The molecule has 0 radical (unpaired) electrons. The summed E-state index contributed by atoms with van der Waals surface area (Å²) in [5.41, 5.74) is 4.25. The van der Waals surface area contributed by atoms with Gasteiger partial charge in [0.25, 0.3) is 0 Å². The SMILES string of the molecule is CCc1cc(I)cc(CCCc2cccc(OC)c2)c1. The number of halogens is 1. The molecule has 0 unspecified atom stereocenters. The minimum absolute atomic E-state index is 0.949. The third kappa shape index (κ3) is 4.51. The number of benzene rings is 2. The van der Waals surface area contributed by atoms with Gasteiger partial charge >= 0.3 is 0 Å². The highest BCUT2D eigenvalue weighted by atomic mass is 127. The quantitative estimate of drug-likeness (QED) is 0.639. The molecule has 0 bridgehead atoms. The lowest BCUT2D eigenvalue weighted by Gasteiger charge is -2.07. The van der Waals surface area contributed by atoms with Crippen LogP contribution >= 0.6 is 22.6 Å². The Bertz CT molecular complexity index is 563. The highest BCUT2D eigenvalue weighted by Gasteiger charge is 2.00. The second-order valence-corrected chi connectivity index (χ2v) is 6.27. The van der Waals surface area contributed by atoms with Crippen molar-refractivity contribution in [3.8, 4) is 5.75 Å². The second-order valence-electron chi connectivity index (χ2n) is 5.03. The molecule has 2 aromatic rings. The van der Waals surface area contributed by atoms with Crippen molar-refractivity contribution >= 4 is 22.6 Å². The van der Waals surface area contributed by atoms with Gasteiger partial charge in [0, 0.05) is 3.57 Å². The van der Waals surface area contributed by atoms with Crippen molar-refractivity contribution in [1.29, 1.82) is 0 Å². The number of aryl methyl sites for hydroxylation is 3. The van der Waals surface area contributed by atoms with Gasteiger partial charge in [-0.15, -0.1) is 0 Å². The van der Waals surface area contributed by atoms with Gasteiger partial charge in [0.05, 0.1) is 7.11 Å². The molecule has 0 aliphatic heterocycles. The lowest BCUT2D eigenvalue weighted by Crippen LogP contribution is -1.93. The Morgan fingerprint density at radius 1 is 0.950 bits per heavy atom. The number of rotatable bonds is 6. The Morgan fingerprint density at radius 3 is 2.45 bits per heavy atom. The molecule has 20 heavy (non-hydrogen) atoms. The van der Waals surface area contributed by atoms with Crippen molar-refractivity contribution in [3.63, 3.8) is 0 Å². The van der Waals surface area contributed by atoms with Gasteiger partial charge in [-0.25, -0.2) is 0 Å². The van der Waals surface area contributed by atoms with Gasteiger partial charge in [0.2, 0.25) is 0 Å². The summed E-state index contributed by atoms with van der Waals surface area (Å²) in [6.45, 7) is 2.21. The maximum Gasteiger partial charge on any atom is 0.119 e. The van der Waals surface area contributed by atoms with Gasteiger partial charge in [-0.05, 0) is 89.2 Å². The van der Waals surface area contributed by atoms with Crippen molar-refractivity contribution < 1.29 is 4.74 Å². The molecule has 0 saturated heterocycles. The highest BCUT2D eigenvalue weighted by Crippen LogP contribution is 2.17. The van der Waals surface area contributed by atoms with Crippen LogP contribution < -0.4 is 4.74 Å². The molecule has 0 aromatic heterocycles. The zero-order chi connectivity index (χ0) is 14.4. The van der Waals surface area contributed by atoms with Crippen LogP contribution in [0.15, 0.2) is 42.5 Å². The minimum atomic E-state index is 0.949. The lowest BCUT2D eigenvalue weighted by molar-refractivity contribution is 0.414. The largest absolute Gasteiger partial charge is 0.497 e. The molecule has 0 heterocycles. The molecule has 0 aliphatic carbocycles. The van der Waals surface area contributed by atoms with E-state index in [1.807, 2.05) is 6.07 Å². The fraction of sp³-hybridized carbons (Fsp3) is 0.333. The molecule has 0 amide bonds. The first-order valence-electron chi connectivity index (χ1n) is 7.12. The standard InChI is InChI=1S/C18H21IO/c1-3-14-10-16(12-17(19)11-14)8-4-6-15-7-5-9-18(13-15)20-2/h5,7,9-13H,3-4,6,8H2,1-2H3. The fourth-order valence-corrected chi connectivity index (χ4v) is 3.19. The number of hydrogen-bond acceptors (Lipinski definition) is 1. The van der Waals surface area contributed by atoms with Crippen LogP contribution in [0.5, 0.6) is 5.75 Å². The lowest BCUT2D eigenvalue weighted by atomic mass is 10.0. The van der Waals surface area contributed by atoms with Crippen LogP contribution in [-0.2, 0) is 19.3 Å². The van der Waals surface area contributed by atoms with E-state index < -0.39 is 0 Å². The molecule has 2 heteroatoms. The van der Waals surface area contributed by atoms with Crippen molar-refractivity contribution in [2.24, 2.45) is 0 Å². The van der Waals surface area contributed by atoms with Gasteiger partial charge in [-0.2, -0.15) is 0 Å². The molecule has 0 saturated carbocycles. The van der Waals surface area contributed by atoms with E-state index in [-0.39, 0.29) is 0 Å². The molecule has 0 aliphatic rings. The molecule has 1 nitrogen and oxygen atoms in total. The molecule has 106 valence electrons. The van der Waals surface area contributed by atoms with E-state index >= 15 is 0 Å². The van der Waals surface area contributed by atoms with Crippen molar-refractivity contribution in [3.05, 3.63) is 62.7 Å². The van der Waals surface area contributed by atoms with Gasteiger partial charge in [0.15, 0.2) is 0 Å². The summed E-state index contributed by atoms with van der Waals surface area (Å²) < 4.78 is 6.61. The second kappa shape index (κ2) is 7.67. The maximum atomic E-state index is 5.26. The summed E-state index contributed by atoms with van der Waals surface area (Å²) in [7, 11) is 1.72. The van der Waals surface area contributed by atoms with Crippen LogP contribution in [0.4, 0.5) is 0 Å². The zero-order valence-corrected chi connectivity index (χ0v) is 14.3. The Balaban J connectivity index is 1.93. The topological polar surface area (TPSA) is 9.23 Å². The first-order valence-corrected chi connectivity index (χ1v) is 8.20. The van der Waals surface area contributed by atoms with E-state index in [0.29, 0.717) is 0 Å². The summed E-state index contributed by atoms with van der Waals surface area (Å²) in [5, 5.41) is 0. The monoisotopic (exact) mass is 380 g/mol. The maximum absolute atomic E-state index is 5.26. The van der Waals surface area contributed by atoms with Crippen LogP contribution in [0.25, 0.3) is 0 Å². The Hall–Kier alpha value is -1.03. The van der Waals surface area contributed by atoms with Gasteiger partial charge in [-0.3, -0.25) is 0 Å². The van der Waals surface area contributed by atoms with Crippen molar-refractivity contribution in [2.45, 2.75) is 32.6 Å². The number of ether oxygens (including phenoxy) is 1. The van der Waals surface area contributed by atoms with E-state index in [2.05, 4.69) is 65.9 Å². The molecule has 0 N–H and O–H groups in total. The summed E-state index contributed by atoms with van der Waals surface area (Å²) in [6.07, 6.45) is 4.53. The van der Waals surface area contributed by atoms with Gasteiger partial charge in [-0.1, -0.05) is 25.1 Å². The summed E-state index contributed by atoms with van der Waals surface area (Å²) in [5.74, 6) is 0.949. The Kier molecular flexibility index (Phi) is 5.89. The van der Waals surface area contributed by atoms with Crippen LogP contribution in [0.1, 0.15) is 30.0 Å². The van der Waals surface area contributed by atoms with Gasteiger partial charge in [0.1, 0.15) is 5.75 Å². The fourth-order valence-electron chi connectivity index (χ4n) is 2.39. The van der Waals surface area contributed by atoms with Crippen LogP contribution in [0.3, 0.4) is 0 Å². The van der Waals surface area contributed by atoms with Crippen molar-refractivity contribution in [2.75, 3.05) is 7.11 Å². The molecule has 2 rings (SSSR count). The van der Waals surface area contributed by atoms with Crippen LogP contribution in [-0.4, -0.2) is 7.11 Å². The zero-order valence-electron chi connectivity index (χ0n) is 12.2. The van der Waals surface area contributed by atoms with E-state index in [9.17, 15) is 0 Å². The summed E-state index contributed by atoms with van der Waals surface area (Å²) in [6, 6.07) is 15.3. The van der Waals surface area contributed by atoms with E-state index in [1.165, 1.54) is 26.7 Å². The molecule has 0 fully saturated rings. The first kappa shape index (κ1) is 15.4. The average molecular weight is 380 g/mol. The smallest absolute Gasteiger partial charge is 0.119 e. The third-order valence-corrected chi connectivity index (χ3v) is 4.11. The van der Waals surface area contributed by atoms with E-state index in [4.69, 9.17) is 4.74 Å². The van der Waals surface area contributed by atoms with Crippen LogP contribution in [0, 0.1) is 3.57 Å². The summed E-state index contributed by atoms with van der Waals surface area (Å²) >= 11 is 2.41. The van der Waals surface area contributed by atoms with E-state index in [1.54, 1.807) is 7.11 Å². The third-order valence-electron chi connectivity index (χ3n) is 3.49. The molecular formula is C18H21IO. The predicted octanol–water partition coefficient (Wildman–Crippen LogP) is 5.04. The molecule has 0 atom stereocenters. The molecule has 2 aromatic carbocycles. The predicted molar refractivity (Wildman–Crippen MR) is 93.6 cm³/mol. The average Bonchev–Trinajstić information content (AvgIpc) is 2.47. The summed E-state index contributed by atoms with van der Waals surface area (Å²) in [4.78, 5) is 0. The van der Waals surface area contributed by atoms with Crippen LogP contribution in [0.2, 0.25) is 0 Å². The normalized spacial score (nSPS) is 10.6. The highest BCUT2D eigenvalue weighted by molar-refractivity contribution is 14.1. The van der Waals surface area contributed by atoms with E-state index in [0.717, 1.165) is 25.0 Å². The van der Waals surface area contributed by atoms with Gasteiger partial charge < -0.3 is 4.74 Å². The Morgan fingerprint density at radius 2 is 1.70 bits per heavy atom. The minimum Gasteiger partial charge on any atom is -0.497 e. The Labute approximate surface area is 135 Å². The number of methoxy groups -OCH3 is 1. The van der Waals surface area contributed by atoms with Crippen molar-refractivity contribution in [1.82, 2.24) is 0 Å². The number of hydrogen-bond donors (Lipinski definition) is 0.